The van der Waals surface area contributed by atoms with E-state index in [1.807, 2.05) is 18.2 Å². The molecule has 0 fully saturated rings. The van der Waals surface area contributed by atoms with E-state index in [2.05, 4.69) is 5.32 Å². The Hall–Kier alpha value is -3.72. The quantitative estimate of drug-likeness (QED) is 0.529. The van der Waals surface area contributed by atoms with E-state index in [4.69, 9.17) is 14.2 Å². The van der Waals surface area contributed by atoms with Crippen molar-refractivity contribution in [3.63, 3.8) is 0 Å². The van der Waals surface area contributed by atoms with Crippen molar-refractivity contribution in [2.45, 2.75) is 17.9 Å². The van der Waals surface area contributed by atoms with E-state index in [0.717, 1.165) is 5.56 Å². The summed E-state index contributed by atoms with van der Waals surface area (Å²) >= 11 is 0. The largest absolute Gasteiger partial charge is 0.496 e. The predicted molar refractivity (Wildman–Crippen MR) is 128 cm³/mol. The molecule has 4 rings (SSSR count). The van der Waals surface area contributed by atoms with Crippen LogP contribution in [0.5, 0.6) is 17.2 Å². The molecule has 1 aliphatic heterocycles. The zero-order valence-electron chi connectivity index (χ0n) is 19.2. The molecule has 3 aromatic carbocycles. The van der Waals surface area contributed by atoms with Crippen LogP contribution in [0.3, 0.4) is 0 Å². The number of hydrogen-bond donors (Lipinski definition) is 1. The van der Waals surface area contributed by atoms with E-state index < -0.39 is 15.9 Å². The summed E-state index contributed by atoms with van der Waals surface area (Å²) in [7, 11) is 0.779. The van der Waals surface area contributed by atoms with Gasteiger partial charge in [-0.25, -0.2) is 8.42 Å². The number of fused-ring (bicyclic) bond motifs is 1. The number of rotatable bonds is 8. The lowest BCUT2D eigenvalue weighted by atomic mass is 10.1. The molecule has 3 aromatic rings. The van der Waals surface area contributed by atoms with Crippen LogP contribution in [0, 0.1) is 0 Å². The molecule has 34 heavy (non-hydrogen) atoms. The van der Waals surface area contributed by atoms with Crippen LogP contribution in [0.2, 0.25) is 0 Å². The van der Waals surface area contributed by atoms with Crippen LogP contribution >= 0.6 is 0 Å². The van der Waals surface area contributed by atoms with Crippen LogP contribution < -0.4 is 23.8 Å². The highest BCUT2D eigenvalue weighted by Crippen LogP contribution is 2.35. The van der Waals surface area contributed by atoms with Crippen molar-refractivity contribution >= 4 is 21.6 Å². The highest BCUT2D eigenvalue weighted by atomic mass is 32.2. The SMILES string of the molecule is COc1cc(OC)c(OC)cc1CNC(=O)c1cccc(S(=O)(=O)N2CCc3ccccc32)c1. The molecule has 8 nitrogen and oxygen atoms in total. The fourth-order valence-electron chi connectivity index (χ4n) is 3.99. The number of methoxy groups -OCH3 is 3. The summed E-state index contributed by atoms with van der Waals surface area (Å²) < 4.78 is 44.1. The van der Waals surface area contributed by atoms with Crippen LogP contribution in [-0.4, -0.2) is 42.2 Å². The summed E-state index contributed by atoms with van der Waals surface area (Å²) in [5.74, 6) is 1.14. The van der Waals surface area contributed by atoms with Crippen molar-refractivity contribution in [2.24, 2.45) is 0 Å². The number of anilines is 1. The van der Waals surface area contributed by atoms with Gasteiger partial charge in [-0.15, -0.1) is 0 Å². The first-order valence-corrected chi connectivity index (χ1v) is 12.1. The molecule has 0 bridgehead atoms. The fourth-order valence-corrected chi connectivity index (χ4v) is 5.54. The number of carbonyl (C=O) groups is 1. The van der Waals surface area contributed by atoms with E-state index in [-0.39, 0.29) is 17.0 Å². The van der Waals surface area contributed by atoms with Gasteiger partial charge in [0.25, 0.3) is 15.9 Å². The van der Waals surface area contributed by atoms with Crippen LogP contribution in [0.25, 0.3) is 0 Å². The minimum atomic E-state index is -3.80. The molecule has 1 amide bonds. The Bertz CT molecular complexity index is 1320. The van der Waals surface area contributed by atoms with Gasteiger partial charge in [0, 0.05) is 30.3 Å². The molecule has 0 saturated heterocycles. The Labute approximate surface area is 199 Å². The van der Waals surface area contributed by atoms with Crippen molar-refractivity contribution in [3.8, 4) is 17.2 Å². The molecule has 0 unspecified atom stereocenters. The standard InChI is InChI=1S/C25H26N2O6S/c1-31-22-15-24(33-3)23(32-2)14-19(22)16-26-25(28)18-8-6-9-20(13-18)34(29,30)27-12-11-17-7-4-5-10-21(17)27/h4-10,13-15H,11-12,16H2,1-3H3,(H,26,28). The first-order valence-electron chi connectivity index (χ1n) is 10.7. The van der Waals surface area contributed by atoms with Gasteiger partial charge in [0.2, 0.25) is 0 Å². The lowest BCUT2D eigenvalue weighted by molar-refractivity contribution is 0.0950. The van der Waals surface area contributed by atoms with Gasteiger partial charge in [0.1, 0.15) is 5.75 Å². The van der Waals surface area contributed by atoms with Crippen LogP contribution in [-0.2, 0) is 23.0 Å². The molecule has 0 aromatic heterocycles. The number of amides is 1. The third-order valence-electron chi connectivity index (χ3n) is 5.75. The number of para-hydroxylation sites is 1. The second kappa shape index (κ2) is 9.64. The number of nitrogens with zero attached hydrogens (tertiary/aromatic N) is 1. The molecule has 1 aliphatic rings. The molecular formula is C25H26N2O6S. The van der Waals surface area contributed by atoms with Crippen LogP contribution in [0.15, 0.2) is 65.6 Å². The van der Waals surface area contributed by atoms with E-state index in [0.29, 0.717) is 41.5 Å². The highest BCUT2D eigenvalue weighted by molar-refractivity contribution is 7.92. The van der Waals surface area contributed by atoms with Gasteiger partial charge in [0.05, 0.1) is 31.9 Å². The van der Waals surface area contributed by atoms with E-state index in [9.17, 15) is 13.2 Å². The van der Waals surface area contributed by atoms with Gasteiger partial charge in [-0.2, -0.15) is 0 Å². The third kappa shape index (κ3) is 4.38. The summed E-state index contributed by atoms with van der Waals surface area (Å²) in [6, 6.07) is 16.9. The minimum absolute atomic E-state index is 0.0700. The average Bonchev–Trinajstić information content (AvgIpc) is 3.32. The number of sulfonamides is 1. The van der Waals surface area contributed by atoms with E-state index in [1.54, 1.807) is 30.3 Å². The molecule has 0 aliphatic carbocycles. The Morgan fingerprint density at radius 3 is 2.35 bits per heavy atom. The Balaban J connectivity index is 1.54. The Morgan fingerprint density at radius 1 is 0.912 bits per heavy atom. The Kier molecular flexibility index (Phi) is 6.65. The summed E-state index contributed by atoms with van der Waals surface area (Å²) in [4.78, 5) is 12.9. The van der Waals surface area contributed by atoms with Gasteiger partial charge in [-0.3, -0.25) is 9.10 Å². The molecule has 0 atom stereocenters. The van der Waals surface area contributed by atoms with Crippen molar-refractivity contribution < 1.29 is 27.4 Å². The topological polar surface area (TPSA) is 94.2 Å². The third-order valence-corrected chi connectivity index (χ3v) is 7.56. The van der Waals surface area contributed by atoms with Gasteiger partial charge >= 0.3 is 0 Å². The lowest BCUT2D eigenvalue weighted by Gasteiger charge is -2.20. The molecule has 9 heteroatoms. The van der Waals surface area contributed by atoms with Crippen molar-refractivity contribution in [2.75, 3.05) is 32.2 Å². The number of hydrogen-bond acceptors (Lipinski definition) is 6. The zero-order chi connectivity index (χ0) is 24.3. The lowest BCUT2D eigenvalue weighted by Crippen LogP contribution is -2.29. The van der Waals surface area contributed by atoms with Crippen LogP contribution in [0.4, 0.5) is 5.69 Å². The molecule has 0 radical (unpaired) electrons. The van der Waals surface area contributed by atoms with Crippen molar-refractivity contribution in [3.05, 3.63) is 77.4 Å². The minimum Gasteiger partial charge on any atom is -0.496 e. The van der Waals surface area contributed by atoms with Crippen molar-refractivity contribution in [1.29, 1.82) is 0 Å². The number of ether oxygens (including phenoxy) is 3. The first kappa shape index (κ1) is 23.4. The maximum Gasteiger partial charge on any atom is 0.264 e. The maximum absolute atomic E-state index is 13.3. The normalized spacial score (nSPS) is 12.7. The second-order valence-electron chi connectivity index (χ2n) is 7.69. The van der Waals surface area contributed by atoms with E-state index >= 15 is 0 Å². The van der Waals surface area contributed by atoms with Gasteiger partial charge in [-0.1, -0.05) is 24.3 Å². The Morgan fingerprint density at radius 2 is 1.62 bits per heavy atom. The maximum atomic E-state index is 13.3. The first-order chi connectivity index (χ1) is 16.4. The molecule has 0 saturated carbocycles. The summed E-state index contributed by atoms with van der Waals surface area (Å²) in [6.45, 7) is 0.524. The molecular weight excluding hydrogens is 456 g/mol. The van der Waals surface area contributed by atoms with Gasteiger partial charge in [0.15, 0.2) is 11.5 Å². The number of benzene rings is 3. The highest BCUT2D eigenvalue weighted by Gasteiger charge is 2.31. The van der Waals surface area contributed by atoms with Gasteiger partial charge < -0.3 is 19.5 Å². The summed E-state index contributed by atoms with van der Waals surface area (Å²) in [6.07, 6.45) is 0.655. The molecule has 178 valence electrons. The average molecular weight is 483 g/mol. The number of nitrogens with one attached hydrogen (secondary N) is 1. The second-order valence-corrected chi connectivity index (χ2v) is 9.55. The molecule has 1 heterocycles. The predicted octanol–water partition coefficient (Wildman–Crippen LogP) is 3.39. The monoisotopic (exact) mass is 482 g/mol. The van der Waals surface area contributed by atoms with E-state index in [1.165, 1.54) is 37.8 Å². The summed E-state index contributed by atoms with van der Waals surface area (Å²) in [5, 5.41) is 2.82. The van der Waals surface area contributed by atoms with Gasteiger partial charge in [-0.05, 0) is 42.3 Å². The molecule has 1 N–H and O–H groups in total. The fraction of sp³-hybridized carbons (Fsp3) is 0.240. The number of carbonyl (C=O) groups excluding carboxylic acids is 1. The van der Waals surface area contributed by atoms with Crippen LogP contribution in [0.1, 0.15) is 21.5 Å². The van der Waals surface area contributed by atoms with Crippen molar-refractivity contribution in [1.82, 2.24) is 5.32 Å². The summed E-state index contributed by atoms with van der Waals surface area (Å²) in [5.41, 5.74) is 2.60. The zero-order valence-corrected chi connectivity index (χ0v) is 20.0. The molecule has 0 spiro atoms. The smallest absolute Gasteiger partial charge is 0.264 e.